The van der Waals surface area contributed by atoms with Crippen molar-refractivity contribution in [3.05, 3.63) is 59.1 Å². The number of nitrogens with zero attached hydrogens (tertiary/aromatic N) is 5. The molecule has 5 rings (SSSR count). The van der Waals surface area contributed by atoms with Gasteiger partial charge in [-0.3, -0.25) is 9.59 Å². The molecule has 9 nitrogen and oxygen atoms in total. The van der Waals surface area contributed by atoms with E-state index in [1.165, 1.54) is 0 Å². The number of halogens is 1. The van der Waals surface area contributed by atoms with Crippen molar-refractivity contribution < 1.29 is 9.59 Å². The maximum absolute atomic E-state index is 12.3. The molecule has 0 spiro atoms. The van der Waals surface area contributed by atoms with Crippen molar-refractivity contribution in [3.63, 3.8) is 0 Å². The van der Waals surface area contributed by atoms with Crippen molar-refractivity contribution in [1.82, 2.24) is 30.1 Å². The van der Waals surface area contributed by atoms with Crippen LogP contribution >= 0.6 is 11.6 Å². The molecule has 4 aromatic rings. The predicted molar refractivity (Wildman–Crippen MR) is 119 cm³/mol. The third-order valence-electron chi connectivity index (χ3n) is 5.95. The standard InChI is InChI=1S/C22H20ClN7O2/c1-29-19(26-27-28-29)18-17(23)15-4-2-3-5-16(15)30(18)14-8-6-13(7-9-14)12-25-21(32)22(10-11-22)20(24)31/h2-9H,10-12H2,1H3,(H2,24,31)(H,25,32). The summed E-state index contributed by atoms with van der Waals surface area (Å²) < 4.78 is 3.59. The van der Waals surface area contributed by atoms with Gasteiger partial charge in [-0.15, -0.1) is 5.10 Å². The highest BCUT2D eigenvalue weighted by Crippen LogP contribution is 2.45. The van der Waals surface area contributed by atoms with Crippen molar-refractivity contribution in [2.45, 2.75) is 19.4 Å². The fourth-order valence-corrected chi connectivity index (χ4v) is 4.25. The Labute approximate surface area is 188 Å². The van der Waals surface area contributed by atoms with E-state index in [9.17, 15) is 9.59 Å². The second-order valence-electron chi connectivity index (χ2n) is 7.94. The van der Waals surface area contributed by atoms with Gasteiger partial charge in [-0.1, -0.05) is 41.9 Å². The molecule has 2 amide bonds. The van der Waals surface area contributed by atoms with Gasteiger partial charge in [0.2, 0.25) is 11.8 Å². The van der Waals surface area contributed by atoms with Crippen molar-refractivity contribution in [2.75, 3.05) is 0 Å². The Morgan fingerprint density at radius 2 is 1.88 bits per heavy atom. The van der Waals surface area contributed by atoms with E-state index in [1.54, 1.807) is 11.7 Å². The average Bonchev–Trinajstić information content (AvgIpc) is 3.44. The first-order valence-electron chi connectivity index (χ1n) is 10.1. The first-order chi connectivity index (χ1) is 15.4. The molecule has 0 saturated heterocycles. The fourth-order valence-electron chi connectivity index (χ4n) is 3.92. The average molecular weight is 450 g/mol. The summed E-state index contributed by atoms with van der Waals surface area (Å²) in [5.74, 6) is -0.328. The van der Waals surface area contributed by atoms with Crippen LogP contribution in [0.2, 0.25) is 5.02 Å². The number of tetrazole rings is 1. The number of primary amides is 1. The van der Waals surface area contributed by atoms with Gasteiger partial charge in [-0.05, 0) is 47.0 Å². The largest absolute Gasteiger partial charge is 0.369 e. The molecule has 0 radical (unpaired) electrons. The molecule has 2 heterocycles. The minimum Gasteiger partial charge on any atom is -0.369 e. The molecule has 1 aliphatic rings. The lowest BCUT2D eigenvalue weighted by molar-refractivity contribution is -0.135. The van der Waals surface area contributed by atoms with Crippen LogP contribution in [0.5, 0.6) is 0 Å². The van der Waals surface area contributed by atoms with Crippen LogP contribution in [0.15, 0.2) is 48.5 Å². The summed E-state index contributed by atoms with van der Waals surface area (Å²) in [5, 5.41) is 16.1. The fraction of sp³-hybridized carbons (Fsp3) is 0.227. The molecular formula is C22H20ClN7O2. The molecule has 10 heteroatoms. The smallest absolute Gasteiger partial charge is 0.235 e. The van der Waals surface area contributed by atoms with E-state index in [4.69, 9.17) is 17.3 Å². The zero-order valence-corrected chi connectivity index (χ0v) is 18.0. The molecule has 0 atom stereocenters. The van der Waals surface area contributed by atoms with E-state index in [-0.39, 0.29) is 5.91 Å². The summed E-state index contributed by atoms with van der Waals surface area (Å²) in [6, 6.07) is 15.5. The third kappa shape index (κ3) is 3.13. The van der Waals surface area contributed by atoms with Gasteiger partial charge >= 0.3 is 0 Å². The Hall–Kier alpha value is -3.72. The number of aromatic nitrogens is 5. The zero-order valence-electron chi connectivity index (χ0n) is 17.2. The summed E-state index contributed by atoms with van der Waals surface area (Å²) >= 11 is 6.75. The number of nitrogens with two attached hydrogens (primary N) is 1. The van der Waals surface area contributed by atoms with E-state index >= 15 is 0 Å². The van der Waals surface area contributed by atoms with Crippen molar-refractivity contribution in [3.8, 4) is 17.2 Å². The highest BCUT2D eigenvalue weighted by molar-refractivity contribution is 6.38. The number of hydrogen-bond donors (Lipinski definition) is 2. The molecule has 0 aliphatic heterocycles. The Bertz CT molecular complexity index is 1350. The van der Waals surface area contributed by atoms with Crippen LogP contribution < -0.4 is 11.1 Å². The molecule has 2 aromatic carbocycles. The van der Waals surface area contributed by atoms with Crippen molar-refractivity contribution >= 4 is 34.3 Å². The molecule has 1 saturated carbocycles. The molecule has 32 heavy (non-hydrogen) atoms. The van der Waals surface area contributed by atoms with Gasteiger partial charge in [0, 0.05) is 24.7 Å². The minimum absolute atomic E-state index is 0.307. The minimum atomic E-state index is -1.03. The molecular weight excluding hydrogens is 430 g/mol. The first-order valence-corrected chi connectivity index (χ1v) is 10.5. The van der Waals surface area contributed by atoms with Crippen LogP contribution in [0.1, 0.15) is 18.4 Å². The number of hydrogen-bond acceptors (Lipinski definition) is 5. The van der Waals surface area contributed by atoms with Crippen LogP contribution in [0.25, 0.3) is 28.1 Å². The quantitative estimate of drug-likeness (QED) is 0.438. The summed E-state index contributed by atoms with van der Waals surface area (Å²) in [7, 11) is 1.76. The Morgan fingerprint density at radius 3 is 2.50 bits per heavy atom. The number of nitrogens with one attached hydrogen (secondary N) is 1. The molecule has 1 aliphatic carbocycles. The second-order valence-corrected chi connectivity index (χ2v) is 8.31. The number of rotatable bonds is 6. The van der Waals surface area contributed by atoms with Gasteiger partial charge < -0.3 is 15.6 Å². The Kier molecular flexibility index (Phi) is 4.70. The number of fused-ring (bicyclic) bond motifs is 1. The van der Waals surface area contributed by atoms with Crippen LogP contribution in [0.3, 0.4) is 0 Å². The lowest BCUT2D eigenvalue weighted by atomic mass is 10.1. The lowest BCUT2D eigenvalue weighted by Crippen LogP contribution is -2.40. The molecule has 162 valence electrons. The number of carbonyl (C=O) groups is 2. The molecule has 1 fully saturated rings. The zero-order chi connectivity index (χ0) is 22.5. The highest BCUT2D eigenvalue weighted by Gasteiger charge is 2.55. The Morgan fingerprint density at radius 1 is 1.16 bits per heavy atom. The van der Waals surface area contributed by atoms with Gasteiger partial charge in [-0.25, -0.2) is 4.68 Å². The maximum atomic E-state index is 12.3. The number of benzene rings is 2. The summed E-state index contributed by atoms with van der Waals surface area (Å²) in [4.78, 5) is 23.9. The topological polar surface area (TPSA) is 121 Å². The number of amides is 2. The molecule has 0 unspecified atom stereocenters. The molecule has 2 aromatic heterocycles. The van der Waals surface area contributed by atoms with Crippen molar-refractivity contribution in [1.29, 1.82) is 0 Å². The SMILES string of the molecule is Cn1nnnc1-c1c(Cl)c2ccccc2n1-c1ccc(CNC(=O)C2(C(N)=O)CC2)cc1. The number of carbonyl (C=O) groups excluding carboxylic acids is 2. The lowest BCUT2D eigenvalue weighted by Gasteiger charge is -2.13. The predicted octanol–water partition coefficient (Wildman–Crippen LogP) is 2.36. The number of para-hydroxylation sites is 1. The van der Waals surface area contributed by atoms with E-state index in [0.717, 1.165) is 22.2 Å². The van der Waals surface area contributed by atoms with Gasteiger partial charge in [-0.2, -0.15) is 0 Å². The van der Waals surface area contributed by atoms with E-state index < -0.39 is 11.3 Å². The molecule has 0 bridgehead atoms. The van der Waals surface area contributed by atoms with Gasteiger partial charge in [0.1, 0.15) is 11.1 Å². The van der Waals surface area contributed by atoms with Gasteiger partial charge in [0.05, 0.1) is 10.5 Å². The number of aryl methyl sites for hydroxylation is 1. The maximum Gasteiger partial charge on any atom is 0.235 e. The van der Waals surface area contributed by atoms with Crippen LogP contribution in [-0.2, 0) is 23.2 Å². The first kappa shape index (κ1) is 20.2. The summed E-state index contributed by atoms with van der Waals surface area (Å²) in [6.07, 6.45) is 1.02. The van der Waals surface area contributed by atoms with Crippen LogP contribution in [0, 0.1) is 5.41 Å². The summed E-state index contributed by atoms with van der Waals surface area (Å²) in [6.45, 7) is 0.307. The second kappa shape index (κ2) is 7.45. The Balaban J connectivity index is 1.48. The van der Waals surface area contributed by atoms with Crippen molar-refractivity contribution in [2.24, 2.45) is 18.2 Å². The van der Waals surface area contributed by atoms with E-state index in [2.05, 4.69) is 20.8 Å². The monoisotopic (exact) mass is 449 g/mol. The van der Waals surface area contributed by atoms with Crippen LogP contribution in [0.4, 0.5) is 0 Å². The van der Waals surface area contributed by atoms with Gasteiger partial charge in [0.25, 0.3) is 0 Å². The van der Waals surface area contributed by atoms with E-state index in [0.29, 0.717) is 35.9 Å². The summed E-state index contributed by atoms with van der Waals surface area (Å²) in [5.41, 5.74) is 7.73. The van der Waals surface area contributed by atoms with Gasteiger partial charge in [0.15, 0.2) is 5.82 Å². The normalized spacial score (nSPS) is 14.4. The van der Waals surface area contributed by atoms with E-state index in [1.807, 2.05) is 53.1 Å². The third-order valence-corrected chi connectivity index (χ3v) is 6.33. The molecule has 3 N–H and O–H groups in total. The highest BCUT2D eigenvalue weighted by atomic mass is 35.5. The van der Waals surface area contributed by atoms with Crippen LogP contribution in [-0.4, -0.2) is 36.6 Å².